The molecule has 3 rings (SSSR count). The number of aromatic nitrogens is 5. The zero-order chi connectivity index (χ0) is 13.8. The second-order valence-corrected chi connectivity index (χ2v) is 5.58. The van der Waals surface area contributed by atoms with Crippen LogP contribution in [-0.2, 0) is 6.18 Å². The van der Waals surface area contributed by atoms with Crippen LogP contribution in [0.3, 0.4) is 0 Å². The summed E-state index contributed by atoms with van der Waals surface area (Å²) in [5.41, 5.74) is 6.18. The highest BCUT2D eigenvalue weighted by molar-refractivity contribution is 7.25. The molecule has 19 heavy (non-hydrogen) atoms. The highest BCUT2D eigenvalue weighted by Crippen LogP contribution is 2.35. The van der Waals surface area contributed by atoms with Crippen molar-refractivity contribution in [1.82, 2.24) is 24.8 Å². The van der Waals surface area contributed by atoms with Crippen LogP contribution in [-0.4, -0.2) is 24.8 Å². The Morgan fingerprint density at radius 1 is 1.21 bits per heavy atom. The Hall–Kier alpha value is -1.75. The average molecular weight is 306 g/mol. The van der Waals surface area contributed by atoms with E-state index in [9.17, 15) is 13.2 Å². The standard InChI is InChI=1S/C8H5F3N6S2/c1-2-3(18-6(12)13-2)4-16-17-5(8(9,10)11)14-15-7(17)19-4/h1H3,(H2,12,13). The molecule has 0 atom stereocenters. The van der Waals surface area contributed by atoms with Crippen LogP contribution in [0.5, 0.6) is 0 Å². The van der Waals surface area contributed by atoms with E-state index in [1.165, 1.54) is 11.3 Å². The third-order valence-corrected chi connectivity index (χ3v) is 4.29. The first-order valence-corrected chi connectivity index (χ1v) is 6.52. The summed E-state index contributed by atoms with van der Waals surface area (Å²) in [5, 5.41) is 11.2. The van der Waals surface area contributed by atoms with Crippen molar-refractivity contribution in [2.45, 2.75) is 13.1 Å². The molecule has 0 unspecified atom stereocenters. The van der Waals surface area contributed by atoms with Gasteiger partial charge in [-0.25, -0.2) is 4.98 Å². The molecule has 3 heterocycles. The number of thiazole rings is 1. The summed E-state index contributed by atoms with van der Waals surface area (Å²) in [6, 6.07) is 0. The lowest BCUT2D eigenvalue weighted by atomic mass is 10.4. The second-order valence-electron chi connectivity index (χ2n) is 3.59. The molecule has 0 amide bonds. The summed E-state index contributed by atoms with van der Waals surface area (Å²) in [7, 11) is 0. The molecule has 3 aromatic heterocycles. The molecule has 0 saturated carbocycles. The maximum Gasteiger partial charge on any atom is 0.453 e. The lowest BCUT2D eigenvalue weighted by Gasteiger charge is -1.99. The summed E-state index contributed by atoms with van der Waals surface area (Å²) < 4.78 is 38.7. The van der Waals surface area contributed by atoms with E-state index in [0.717, 1.165) is 11.3 Å². The van der Waals surface area contributed by atoms with Crippen molar-refractivity contribution >= 4 is 32.8 Å². The Kier molecular flexibility index (Phi) is 2.50. The van der Waals surface area contributed by atoms with E-state index >= 15 is 0 Å². The Morgan fingerprint density at radius 3 is 2.53 bits per heavy atom. The van der Waals surface area contributed by atoms with E-state index < -0.39 is 12.0 Å². The van der Waals surface area contributed by atoms with E-state index in [-0.39, 0.29) is 4.96 Å². The molecule has 100 valence electrons. The van der Waals surface area contributed by atoms with Gasteiger partial charge in [-0.3, -0.25) is 0 Å². The number of anilines is 1. The van der Waals surface area contributed by atoms with E-state index in [1.807, 2.05) is 0 Å². The van der Waals surface area contributed by atoms with Crippen molar-refractivity contribution in [3.05, 3.63) is 11.5 Å². The Morgan fingerprint density at radius 2 is 1.95 bits per heavy atom. The molecule has 0 aliphatic heterocycles. The van der Waals surface area contributed by atoms with E-state index in [1.54, 1.807) is 6.92 Å². The van der Waals surface area contributed by atoms with Crippen LogP contribution in [0, 0.1) is 6.92 Å². The zero-order valence-electron chi connectivity index (χ0n) is 9.26. The minimum atomic E-state index is -4.59. The van der Waals surface area contributed by atoms with Crippen LogP contribution in [0.4, 0.5) is 18.3 Å². The minimum Gasteiger partial charge on any atom is -0.375 e. The third-order valence-electron chi connectivity index (χ3n) is 2.25. The van der Waals surface area contributed by atoms with Crippen molar-refractivity contribution in [3.63, 3.8) is 0 Å². The van der Waals surface area contributed by atoms with Gasteiger partial charge in [0, 0.05) is 0 Å². The first kappa shape index (κ1) is 12.3. The zero-order valence-corrected chi connectivity index (χ0v) is 10.9. The van der Waals surface area contributed by atoms with Gasteiger partial charge in [-0.15, -0.1) is 10.2 Å². The molecular formula is C8H5F3N6S2. The highest BCUT2D eigenvalue weighted by atomic mass is 32.1. The number of nitrogens with zero attached hydrogens (tertiary/aromatic N) is 5. The van der Waals surface area contributed by atoms with Gasteiger partial charge in [-0.2, -0.15) is 22.8 Å². The molecule has 6 nitrogen and oxygen atoms in total. The highest BCUT2D eigenvalue weighted by Gasteiger charge is 2.38. The monoisotopic (exact) mass is 306 g/mol. The average Bonchev–Trinajstić information content (AvgIpc) is 2.88. The Balaban J connectivity index is 2.18. The van der Waals surface area contributed by atoms with Gasteiger partial charge in [0.25, 0.3) is 5.82 Å². The predicted octanol–water partition coefficient (Wildman–Crippen LogP) is 2.22. The maximum atomic E-state index is 12.7. The molecule has 0 radical (unpaired) electrons. The molecule has 11 heteroatoms. The van der Waals surface area contributed by atoms with Gasteiger partial charge in [-0.05, 0) is 6.92 Å². The quantitative estimate of drug-likeness (QED) is 0.745. The summed E-state index contributed by atoms with van der Waals surface area (Å²) in [5.74, 6) is -1.14. The SMILES string of the molecule is Cc1nc(N)sc1-c1nn2c(C(F)(F)F)nnc2s1. The van der Waals surface area contributed by atoms with Crippen molar-refractivity contribution in [1.29, 1.82) is 0 Å². The lowest BCUT2D eigenvalue weighted by Crippen LogP contribution is -2.11. The second kappa shape index (κ2) is 3.87. The predicted molar refractivity (Wildman–Crippen MR) is 63.9 cm³/mol. The number of rotatable bonds is 1. The fraction of sp³-hybridized carbons (Fsp3) is 0.250. The molecule has 0 aliphatic carbocycles. The smallest absolute Gasteiger partial charge is 0.375 e. The van der Waals surface area contributed by atoms with Gasteiger partial charge in [0.15, 0.2) is 10.1 Å². The number of nitrogens with two attached hydrogens (primary N) is 1. The van der Waals surface area contributed by atoms with Crippen LogP contribution in [0.1, 0.15) is 11.5 Å². The van der Waals surface area contributed by atoms with Crippen LogP contribution in [0.2, 0.25) is 0 Å². The fourth-order valence-electron chi connectivity index (χ4n) is 1.50. The van der Waals surface area contributed by atoms with Crippen LogP contribution in [0.15, 0.2) is 0 Å². The first-order valence-electron chi connectivity index (χ1n) is 4.89. The summed E-state index contributed by atoms with van der Waals surface area (Å²) in [4.78, 5) is 4.73. The van der Waals surface area contributed by atoms with Crippen molar-refractivity contribution in [2.75, 3.05) is 5.73 Å². The summed E-state index contributed by atoms with van der Waals surface area (Å²) >= 11 is 2.18. The molecule has 0 aromatic carbocycles. The minimum absolute atomic E-state index is 0.0775. The van der Waals surface area contributed by atoms with E-state index in [2.05, 4.69) is 20.3 Å². The number of hydrogen-bond donors (Lipinski definition) is 1. The Bertz CT molecular complexity index is 754. The van der Waals surface area contributed by atoms with Crippen LogP contribution < -0.4 is 5.73 Å². The normalized spacial score (nSPS) is 12.4. The van der Waals surface area contributed by atoms with E-state index in [4.69, 9.17) is 5.73 Å². The topological polar surface area (TPSA) is 82.0 Å². The van der Waals surface area contributed by atoms with Crippen molar-refractivity contribution in [2.24, 2.45) is 0 Å². The maximum absolute atomic E-state index is 12.7. The molecule has 2 N–H and O–H groups in total. The number of alkyl halides is 3. The molecule has 3 aromatic rings. The largest absolute Gasteiger partial charge is 0.453 e. The molecule has 0 bridgehead atoms. The van der Waals surface area contributed by atoms with Crippen LogP contribution in [0.25, 0.3) is 14.8 Å². The number of nitrogen functional groups attached to an aromatic ring is 1. The first-order chi connectivity index (χ1) is 8.86. The van der Waals surface area contributed by atoms with Gasteiger partial charge in [0.1, 0.15) is 0 Å². The van der Waals surface area contributed by atoms with Crippen LogP contribution >= 0.6 is 22.7 Å². The molecule has 0 saturated heterocycles. The number of aryl methyl sites for hydroxylation is 1. The molecular weight excluding hydrogens is 301 g/mol. The molecule has 0 aliphatic rings. The van der Waals surface area contributed by atoms with Crippen molar-refractivity contribution < 1.29 is 13.2 Å². The molecule has 0 spiro atoms. The lowest BCUT2D eigenvalue weighted by molar-refractivity contribution is -0.146. The summed E-state index contributed by atoms with van der Waals surface area (Å²) in [6.07, 6.45) is -4.59. The number of fused-ring (bicyclic) bond motifs is 1. The van der Waals surface area contributed by atoms with Gasteiger partial charge >= 0.3 is 6.18 Å². The van der Waals surface area contributed by atoms with Crippen molar-refractivity contribution in [3.8, 4) is 9.88 Å². The Labute approximate surface area is 111 Å². The molecule has 0 fully saturated rings. The van der Waals surface area contributed by atoms with Gasteiger partial charge in [0.05, 0.1) is 10.6 Å². The number of halogens is 3. The summed E-state index contributed by atoms with van der Waals surface area (Å²) in [6.45, 7) is 1.72. The van der Waals surface area contributed by atoms with E-state index in [0.29, 0.717) is 25.2 Å². The third kappa shape index (κ3) is 1.94. The van der Waals surface area contributed by atoms with Gasteiger partial charge in [0.2, 0.25) is 4.96 Å². The fourth-order valence-corrected chi connectivity index (χ4v) is 3.30. The van der Waals surface area contributed by atoms with Gasteiger partial charge < -0.3 is 5.73 Å². The number of hydrogen-bond acceptors (Lipinski definition) is 7. The van der Waals surface area contributed by atoms with Gasteiger partial charge in [-0.1, -0.05) is 22.7 Å².